The lowest BCUT2D eigenvalue weighted by Gasteiger charge is -2.05. The summed E-state index contributed by atoms with van der Waals surface area (Å²) in [5.41, 5.74) is 2.47. The molecule has 1 aliphatic carbocycles. The van der Waals surface area contributed by atoms with Crippen molar-refractivity contribution >= 4 is 27.5 Å². The van der Waals surface area contributed by atoms with Crippen LogP contribution in [0.3, 0.4) is 0 Å². The van der Waals surface area contributed by atoms with Crippen molar-refractivity contribution in [2.24, 2.45) is 0 Å². The zero-order chi connectivity index (χ0) is 10.8. The number of rotatable bonds is 2. The number of hydrogen-bond donors (Lipinski definition) is 0. The molecular weight excluding hydrogens is 278 g/mol. The number of allylic oxidation sites excluding steroid dienone is 2. The number of halogens is 3. The highest BCUT2D eigenvalue weighted by atomic mass is 79.9. The average molecular weight is 290 g/mol. The second-order valence-corrected chi connectivity index (χ2v) is 5.21. The Hall–Kier alpha value is -0.340. The molecule has 15 heavy (non-hydrogen) atoms. The zero-order valence-electron chi connectivity index (χ0n) is 8.14. The van der Waals surface area contributed by atoms with E-state index in [1.807, 2.05) is 6.07 Å². The molecule has 0 radical (unpaired) electrons. The van der Waals surface area contributed by atoms with Crippen molar-refractivity contribution < 1.29 is 4.39 Å². The van der Waals surface area contributed by atoms with Crippen LogP contribution in [-0.4, -0.2) is 5.38 Å². The SMILES string of the molecule is Fc1ccc(CC2=CC(Cl)CC2)c(Br)c1. The molecule has 0 nitrogen and oxygen atoms in total. The van der Waals surface area contributed by atoms with Gasteiger partial charge in [-0.05, 0) is 37.0 Å². The summed E-state index contributed by atoms with van der Waals surface area (Å²) in [5, 5.41) is 0.180. The number of benzene rings is 1. The van der Waals surface area contributed by atoms with Crippen LogP contribution in [0.2, 0.25) is 0 Å². The Morgan fingerprint density at radius 3 is 2.87 bits per heavy atom. The van der Waals surface area contributed by atoms with E-state index in [-0.39, 0.29) is 11.2 Å². The molecule has 1 aliphatic rings. The minimum atomic E-state index is -0.207. The van der Waals surface area contributed by atoms with E-state index in [4.69, 9.17) is 11.6 Å². The minimum Gasteiger partial charge on any atom is -0.207 e. The summed E-state index contributed by atoms with van der Waals surface area (Å²) in [7, 11) is 0. The lowest BCUT2D eigenvalue weighted by Crippen LogP contribution is -1.90. The summed E-state index contributed by atoms with van der Waals surface area (Å²) >= 11 is 9.36. The molecule has 3 heteroatoms. The Morgan fingerprint density at radius 2 is 2.27 bits per heavy atom. The molecule has 1 atom stereocenters. The largest absolute Gasteiger partial charge is 0.207 e. The van der Waals surface area contributed by atoms with Crippen LogP contribution in [0.1, 0.15) is 18.4 Å². The van der Waals surface area contributed by atoms with Crippen molar-refractivity contribution in [2.45, 2.75) is 24.6 Å². The first-order valence-corrected chi connectivity index (χ1v) is 6.15. The maximum Gasteiger partial charge on any atom is 0.124 e. The van der Waals surface area contributed by atoms with Gasteiger partial charge in [0.2, 0.25) is 0 Å². The molecule has 1 unspecified atom stereocenters. The van der Waals surface area contributed by atoms with Crippen molar-refractivity contribution in [3.8, 4) is 0 Å². The third kappa shape index (κ3) is 2.82. The highest BCUT2D eigenvalue weighted by Gasteiger charge is 2.14. The smallest absolute Gasteiger partial charge is 0.124 e. The molecule has 0 aliphatic heterocycles. The number of alkyl halides is 1. The molecule has 0 fully saturated rings. The van der Waals surface area contributed by atoms with Crippen molar-refractivity contribution in [1.29, 1.82) is 0 Å². The van der Waals surface area contributed by atoms with E-state index in [9.17, 15) is 4.39 Å². The van der Waals surface area contributed by atoms with Crippen LogP contribution < -0.4 is 0 Å². The van der Waals surface area contributed by atoms with Crippen LogP contribution in [0.5, 0.6) is 0 Å². The highest BCUT2D eigenvalue weighted by Crippen LogP contribution is 2.28. The van der Waals surface area contributed by atoms with Crippen LogP contribution >= 0.6 is 27.5 Å². The first-order chi connectivity index (χ1) is 7.15. The normalized spacial score (nSPS) is 20.5. The fraction of sp³-hybridized carbons (Fsp3) is 0.333. The zero-order valence-corrected chi connectivity index (χ0v) is 10.5. The third-order valence-corrected chi connectivity index (χ3v) is 3.67. The Labute approximate surface area is 102 Å². The van der Waals surface area contributed by atoms with Gasteiger partial charge in [0.15, 0.2) is 0 Å². The predicted octanol–water partition coefficient (Wildman–Crippen LogP) is 4.46. The molecule has 2 rings (SSSR count). The molecule has 0 amide bonds. The summed E-state index contributed by atoms with van der Waals surface area (Å²) < 4.78 is 13.7. The molecule has 0 spiro atoms. The van der Waals surface area contributed by atoms with E-state index < -0.39 is 0 Å². The van der Waals surface area contributed by atoms with Crippen LogP contribution in [0.25, 0.3) is 0 Å². The van der Waals surface area contributed by atoms with Gasteiger partial charge in [0, 0.05) is 4.47 Å². The minimum absolute atomic E-state index is 0.180. The van der Waals surface area contributed by atoms with Crippen LogP contribution in [0.4, 0.5) is 4.39 Å². The van der Waals surface area contributed by atoms with E-state index in [1.165, 1.54) is 17.7 Å². The monoisotopic (exact) mass is 288 g/mol. The van der Waals surface area contributed by atoms with Crippen molar-refractivity contribution in [3.05, 3.63) is 45.7 Å². The van der Waals surface area contributed by atoms with Gasteiger partial charge in [-0.25, -0.2) is 4.39 Å². The molecular formula is C12H11BrClF. The maximum atomic E-state index is 12.9. The maximum absolute atomic E-state index is 12.9. The van der Waals surface area contributed by atoms with Gasteiger partial charge < -0.3 is 0 Å². The summed E-state index contributed by atoms with van der Waals surface area (Å²) in [5.74, 6) is -0.207. The van der Waals surface area contributed by atoms with E-state index in [0.717, 1.165) is 29.3 Å². The van der Waals surface area contributed by atoms with Gasteiger partial charge in [0.1, 0.15) is 5.82 Å². The molecule has 0 bridgehead atoms. The van der Waals surface area contributed by atoms with Gasteiger partial charge in [0.25, 0.3) is 0 Å². The first kappa shape index (κ1) is 11.2. The van der Waals surface area contributed by atoms with E-state index in [2.05, 4.69) is 22.0 Å². The van der Waals surface area contributed by atoms with Crippen LogP contribution in [-0.2, 0) is 6.42 Å². The topological polar surface area (TPSA) is 0 Å². The van der Waals surface area contributed by atoms with E-state index in [1.54, 1.807) is 0 Å². The Morgan fingerprint density at radius 1 is 1.47 bits per heavy atom. The molecule has 80 valence electrons. The molecule has 0 aromatic heterocycles. The molecule has 0 saturated carbocycles. The summed E-state index contributed by atoms with van der Waals surface area (Å²) in [6, 6.07) is 4.82. The molecule has 0 saturated heterocycles. The lowest BCUT2D eigenvalue weighted by atomic mass is 10.1. The van der Waals surface area contributed by atoms with Gasteiger partial charge in [-0.1, -0.05) is 33.6 Å². The second-order valence-electron chi connectivity index (χ2n) is 3.79. The standard InChI is InChI=1S/C12H11BrClF/c13-12-7-11(15)4-2-9(12)5-8-1-3-10(14)6-8/h2,4,6-7,10H,1,3,5H2. The van der Waals surface area contributed by atoms with Gasteiger partial charge in [0.05, 0.1) is 5.38 Å². The Bertz CT molecular complexity index is 401. The highest BCUT2D eigenvalue weighted by molar-refractivity contribution is 9.10. The predicted molar refractivity (Wildman–Crippen MR) is 64.8 cm³/mol. The first-order valence-electron chi connectivity index (χ1n) is 4.93. The third-order valence-electron chi connectivity index (χ3n) is 2.59. The summed E-state index contributed by atoms with van der Waals surface area (Å²) in [6.45, 7) is 0. The van der Waals surface area contributed by atoms with Crippen LogP contribution in [0.15, 0.2) is 34.3 Å². The van der Waals surface area contributed by atoms with Crippen LogP contribution in [0, 0.1) is 5.82 Å². The van der Waals surface area contributed by atoms with Gasteiger partial charge in [-0.3, -0.25) is 0 Å². The molecule has 1 aromatic carbocycles. The molecule has 0 heterocycles. The summed E-state index contributed by atoms with van der Waals surface area (Å²) in [4.78, 5) is 0. The van der Waals surface area contributed by atoms with Gasteiger partial charge in [-0.15, -0.1) is 11.6 Å². The lowest BCUT2D eigenvalue weighted by molar-refractivity contribution is 0.626. The Kier molecular flexibility index (Phi) is 3.47. The van der Waals surface area contributed by atoms with Crippen molar-refractivity contribution in [3.63, 3.8) is 0 Å². The van der Waals surface area contributed by atoms with E-state index >= 15 is 0 Å². The quantitative estimate of drug-likeness (QED) is 0.557. The second kappa shape index (κ2) is 4.67. The summed E-state index contributed by atoms with van der Waals surface area (Å²) in [6.07, 6.45) is 5.05. The Balaban J connectivity index is 2.14. The van der Waals surface area contributed by atoms with Crippen molar-refractivity contribution in [2.75, 3.05) is 0 Å². The fourth-order valence-corrected chi connectivity index (χ4v) is 2.58. The molecule has 0 N–H and O–H groups in total. The average Bonchev–Trinajstić information content (AvgIpc) is 2.56. The van der Waals surface area contributed by atoms with Gasteiger partial charge >= 0.3 is 0 Å². The van der Waals surface area contributed by atoms with Gasteiger partial charge in [-0.2, -0.15) is 0 Å². The van der Waals surface area contributed by atoms with E-state index in [0.29, 0.717) is 0 Å². The molecule has 1 aromatic rings. The fourth-order valence-electron chi connectivity index (χ4n) is 1.80. The number of hydrogen-bond acceptors (Lipinski definition) is 0. The van der Waals surface area contributed by atoms with Crippen molar-refractivity contribution in [1.82, 2.24) is 0 Å².